The molecule has 5 heteroatoms. The first-order chi connectivity index (χ1) is 10.7. The molecule has 0 bridgehead atoms. The second-order valence-electron chi connectivity index (χ2n) is 6.07. The van der Waals surface area contributed by atoms with Crippen molar-refractivity contribution < 1.29 is 0 Å². The molecule has 0 radical (unpaired) electrons. The molecule has 0 amide bonds. The number of pyridine rings is 1. The first-order valence-electron chi connectivity index (χ1n) is 7.99. The van der Waals surface area contributed by atoms with Crippen molar-refractivity contribution in [3.63, 3.8) is 0 Å². The van der Waals surface area contributed by atoms with Gasteiger partial charge in [0.2, 0.25) is 0 Å². The summed E-state index contributed by atoms with van der Waals surface area (Å²) in [6, 6.07) is 6.48. The van der Waals surface area contributed by atoms with E-state index in [0.29, 0.717) is 12.0 Å². The van der Waals surface area contributed by atoms with Crippen molar-refractivity contribution in [2.45, 2.75) is 38.6 Å². The van der Waals surface area contributed by atoms with Gasteiger partial charge in [0, 0.05) is 35.8 Å². The number of hydrogen-bond acceptors (Lipinski definition) is 5. The highest BCUT2D eigenvalue weighted by Gasteiger charge is 2.15. The molecule has 3 heterocycles. The van der Waals surface area contributed by atoms with Gasteiger partial charge in [-0.3, -0.25) is 4.98 Å². The Bertz CT molecular complexity index is 606. The minimum absolute atomic E-state index is 0.368. The third kappa shape index (κ3) is 3.60. The second kappa shape index (κ2) is 6.83. The van der Waals surface area contributed by atoms with E-state index in [2.05, 4.69) is 35.5 Å². The lowest BCUT2D eigenvalue weighted by atomic mass is 10.1. The van der Waals surface area contributed by atoms with Crippen LogP contribution in [0.25, 0.3) is 11.4 Å². The lowest BCUT2D eigenvalue weighted by molar-refractivity contribution is 0.478. The van der Waals surface area contributed by atoms with Gasteiger partial charge in [-0.25, -0.2) is 9.97 Å². The van der Waals surface area contributed by atoms with Crippen LogP contribution in [0.1, 0.15) is 38.3 Å². The molecule has 5 nitrogen and oxygen atoms in total. The van der Waals surface area contributed by atoms with Gasteiger partial charge in [0.1, 0.15) is 5.82 Å². The Morgan fingerprint density at radius 3 is 2.73 bits per heavy atom. The molecule has 2 N–H and O–H groups in total. The monoisotopic (exact) mass is 297 g/mol. The summed E-state index contributed by atoms with van der Waals surface area (Å²) in [4.78, 5) is 13.6. The highest BCUT2D eigenvalue weighted by Crippen LogP contribution is 2.22. The predicted molar refractivity (Wildman–Crippen MR) is 88.9 cm³/mol. The van der Waals surface area contributed by atoms with Crippen LogP contribution >= 0.6 is 0 Å². The fourth-order valence-corrected chi connectivity index (χ4v) is 2.64. The summed E-state index contributed by atoms with van der Waals surface area (Å²) in [5, 5.41) is 6.96. The van der Waals surface area contributed by atoms with Crippen LogP contribution in [0, 0.1) is 0 Å². The lowest BCUT2D eigenvalue weighted by Crippen LogP contribution is -2.35. The third-order valence-electron chi connectivity index (χ3n) is 3.95. The average Bonchev–Trinajstić information content (AvgIpc) is 2.56. The molecule has 2 aromatic rings. The maximum absolute atomic E-state index is 4.70. The van der Waals surface area contributed by atoms with E-state index >= 15 is 0 Å². The van der Waals surface area contributed by atoms with Gasteiger partial charge in [0.25, 0.3) is 0 Å². The van der Waals surface area contributed by atoms with Crippen molar-refractivity contribution in [3.8, 4) is 11.4 Å². The Balaban J connectivity index is 1.90. The topological polar surface area (TPSA) is 62.7 Å². The molecule has 0 atom stereocenters. The van der Waals surface area contributed by atoms with Gasteiger partial charge in [-0.1, -0.05) is 13.8 Å². The van der Waals surface area contributed by atoms with Crippen LogP contribution in [-0.4, -0.2) is 34.1 Å². The minimum Gasteiger partial charge on any atom is -0.367 e. The molecule has 1 fully saturated rings. The first kappa shape index (κ1) is 14.9. The Labute approximate surface area is 131 Å². The minimum atomic E-state index is 0.368. The van der Waals surface area contributed by atoms with Gasteiger partial charge in [-0.15, -0.1) is 0 Å². The van der Waals surface area contributed by atoms with Crippen LogP contribution in [0.3, 0.4) is 0 Å². The second-order valence-corrected chi connectivity index (χ2v) is 6.07. The highest BCUT2D eigenvalue weighted by atomic mass is 15.1. The number of rotatable bonds is 4. The fourth-order valence-electron chi connectivity index (χ4n) is 2.64. The number of piperidine rings is 1. The SMILES string of the molecule is CC(C)c1cc(NC2CCNCC2)nc(-c2cccnc2)n1. The molecule has 2 aromatic heterocycles. The van der Waals surface area contributed by atoms with Crippen molar-refractivity contribution >= 4 is 5.82 Å². The summed E-state index contributed by atoms with van der Waals surface area (Å²) >= 11 is 0. The van der Waals surface area contributed by atoms with Crippen LogP contribution < -0.4 is 10.6 Å². The smallest absolute Gasteiger partial charge is 0.163 e. The Kier molecular flexibility index (Phi) is 4.63. The zero-order valence-electron chi connectivity index (χ0n) is 13.2. The molecule has 0 aromatic carbocycles. The number of hydrogen-bond donors (Lipinski definition) is 2. The number of aromatic nitrogens is 3. The molecule has 0 spiro atoms. The molecule has 1 aliphatic heterocycles. The van der Waals surface area contributed by atoms with E-state index in [0.717, 1.165) is 48.8 Å². The molecule has 0 aliphatic carbocycles. The quantitative estimate of drug-likeness (QED) is 0.908. The zero-order chi connectivity index (χ0) is 15.4. The largest absolute Gasteiger partial charge is 0.367 e. The summed E-state index contributed by atoms with van der Waals surface area (Å²) in [6.07, 6.45) is 5.84. The van der Waals surface area contributed by atoms with Crippen molar-refractivity contribution in [2.24, 2.45) is 0 Å². The number of nitrogens with zero attached hydrogens (tertiary/aromatic N) is 3. The van der Waals surface area contributed by atoms with Crippen LogP contribution in [0.2, 0.25) is 0 Å². The van der Waals surface area contributed by atoms with Gasteiger partial charge in [-0.05, 0) is 44.0 Å². The summed E-state index contributed by atoms with van der Waals surface area (Å²) in [5.41, 5.74) is 2.02. The molecule has 1 aliphatic rings. The summed E-state index contributed by atoms with van der Waals surface area (Å²) in [5.74, 6) is 2.03. The van der Waals surface area contributed by atoms with E-state index in [4.69, 9.17) is 9.97 Å². The molecule has 0 saturated carbocycles. The van der Waals surface area contributed by atoms with E-state index in [1.807, 2.05) is 18.3 Å². The van der Waals surface area contributed by atoms with Crippen LogP contribution in [0.5, 0.6) is 0 Å². The molecular formula is C17H23N5. The van der Waals surface area contributed by atoms with Crippen LogP contribution in [0.4, 0.5) is 5.82 Å². The van der Waals surface area contributed by atoms with E-state index in [1.54, 1.807) is 6.20 Å². The van der Waals surface area contributed by atoms with Crippen molar-refractivity contribution in [1.29, 1.82) is 0 Å². The van der Waals surface area contributed by atoms with Gasteiger partial charge in [0.15, 0.2) is 5.82 Å². The maximum atomic E-state index is 4.70. The first-order valence-corrected chi connectivity index (χ1v) is 7.99. The van der Waals surface area contributed by atoms with Crippen molar-refractivity contribution in [2.75, 3.05) is 18.4 Å². The molecular weight excluding hydrogens is 274 g/mol. The van der Waals surface area contributed by atoms with Gasteiger partial charge < -0.3 is 10.6 Å². The van der Waals surface area contributed by atoms with E-state index in [9.17, 15) is 0 Å². The molecule has 116 valence electrons. The third-order valence-corrected chi connectivity index (χ3v) is 3.95. The zero-order valence-corrected chi connectivity index (χ0v) is 13.2. The molecule has 0 unspecified atom stereocenters. The predicted octanol–water partition coefficient (Wildman–Crippen LogP) is 2.83. The number of nitrogens with one attached hydrogen (secondary N) is 2. The molecule has 22 heavy (non-hydrogen) atoms. The highest BCUT2D eigenvalue weighted by molar-refractivity contribution is 5.56. The summed E-state index contributed by atoms with van der Waals surface area (Å²) < 4.78 is 0. The summed E-state index contributed by atoms with van der Waals surface area (Å²) in [6.45, 7) is 6.44. The van der Waals surface area contributed by atoms with Gasteiger partial charge in [0.05, 0.1) is 0 Å². The van der Waals surface area contributed by atoms with Gasteiger partial charge in [-0.2, -0.15) is 0 Å². The van der Waals surface area contributed by atoms with E-state index < -0.39 is 0 Å². The van der Waals surface area contributed by atoms with E-state index in [1.165, 1.54) is 0 Å². The fraction of sp³-hybridized carbons (Fsp3) is 0.471. The van der Waals surface area contributed by atoms with Crippen LogP contribution in [0.15, 0.2) is 30.6 Å². The number of anilines is 1. The average molecular weight is 297 g/mol. The standard InChI is InChI=1S/C17H23N5/c1-12(2)15-10-16(20-14-5-8-18-9-6-14)22-17(21-15)13-4-3-7-19-11-13/h3-4,7,10-12,14,18H,5-6,8-9H2,1-2H3,(H,20,21,22). The van der Waals surface area contributed by atoms with Gasteiger partial charge >= 0.3 is 0 Å². The normalized spacial score (nSPS) is 16.0. The Morgan fingerprint density at radius 2 is 2.05 bits per heavy atom. The molecule has 3 rings (SSSR count). The van der Waals surface area contributed by atoms with Crippen LogP contribution in [-0.2, 0) is 0 Å². The Hall–Kier alpha value is -2.01. The molecule has 1 saturated heterocycles. The van der Waals surface area contributed by atoms with Crippen molar-refractivity contribution in [3.05, 3.63) is 36.3 Å². The summed E-state index contributed by atoms with van der Waals surface area (Å²) in [7, 11) is 0. The lowest BCUT2D eigenvalue weighted by Gasteiger charge is -2.24. The Morgan fingerprint density at radius 1 is 1.23 bits per heavy atom. The van der Waals surface area contributed by atoms with Crippen molar-refractivity contribution in [1.82, 2.24) is 20.3 Å². The van der Waals surface area contributed by atoms with E-state index in [-0.39, 0.29) is 0 Å². The maximum Gasteiger partial charge on any atom is 0.163 e.